The molecular weight excluding hydrogens is 429 g/mol. The zero-order valence-corrected chi connectivity index (χ0v) is 16.3. The zero-order chi connectivity index (χ0) is 16.4. The average Bonchev–Trinajstić information content (AvgIpc) is 3.08. The number of hydrogen-bond acceptors (Lipinski definition) is 3. The Kier molecular flexibility index (Phi) is 5.67. The molecule has 25 heavy (non-hydrogen) atoms. The van der Waals surface area contributed by atoms with Crippen LogP contribution in [0.15, 0.2) is 41.4 Å². The molecule has 0 aromatic heterocycles. The summed E-state index contributed by atoms with van der Waals surface area (Å²) in [6, 6.07) is 12.2. The fraction of sp³-hybridized carbons (Fsp3) is 0.316. The molecule has 0 fully saturated rings. The van der Waals surface area contributed by atoms with Crippen molar-refractivity contribution in [1.29, 1.82) is 0 Å². The molecule has 0 atom stereocenters. The van der Waals surface area contributed by atoms with Crippen LogP contribution in [0.2, 0.25) is 0 Å². The number of benzene rings is 2. The van der Waals surface area contributed by atoms with Crippen LogP contribution >= 0.6 is 24.0 Å². The highest BCUT2D eigenvalue weighted by Crippen LogP contribution is 2.32. The van der Waals surface area contributed by atoms with Gasteiger partial charge < -0.3 is 20.5 Å². The van der Waals surface area contributed by atoms with E-state index in [2.05, 4.69) is 28.5 Å². The van der Waals surface area contributed by atoms with Gasteiger partial charge in [-0.1, -0.05) is 18.2 Å². The Labute approximate surface area is 164 Å². The SMILES string of the molecule is I.NC(=NCc1ccc2c(c1)OCO2)Nc1cccc2c1CCCC2. The molecule has 132 valence electrons. The molecule has 0 spiro atoms. The van der Waals surface area contributed by atoms with Gasteiger partial charge in [0.15, 0.2) is 17.5 Å². The summed E-state index contributed by atoms with van der Waals surface area (Å²) in [4.78, 5) is 4.45. The third kappa shape index (κ3) is 4.00. The van der Waals surface area contributed by atoms with Gasteiger partial charge in [-0.3, -0.25) is 0 Å². The van der Waals surface area contributed by atoms with Gasteiger partial charge in [-0.05, 0) is 60.6 Å². The highest BCUT2D eigenvalue weighted by Gasteiger charge is 2.14. The van der Waals surface area contributed by atoms with E-state index in [1.54, 1.807) is 0 Å². The molecule has 4 rings (SSSR count). The highest BCUT2D eigenvalue weighted by atomic mass is 127. The molecule has 0 bridgehead atoms. The Balaban J connectivity index is 0.00000182. The fourth-order valence-electron chi connectivity index (χ4n) is 3.29. The van der Waals surface area contributed by atoms with Crippen molar-refractivity contribution in [3.63, 3.8) is 0 Å². The van der Waals surface area contributed by atoms with Gasteiger partial charge in [0.2, 0.25) is 6.79 Å². The lowest BCUT2D eigenvalue weighted by Crippen LogP contribution is -2.24. The van der Waals surface area contributed by atoms with Gasteiger partial charge in [-0.25, -0.2) is 4.99 Å². The monoisotopic (exact) mass is 451 g/mol. The average molecular weight is 451 g/mol. The summed E-state index contributed by atoms with van der Waals surface area (Å²) in [5, 5.41) is 3.26. The maximum atomic E-state index is 6.08. The molecular formula is C19H22IN3O2. The molecule has 0 amide bonds. The lowest BCUT2D eigenvalue weighted by Gasteiger charge is -2.19. The topological polar surface area (TPSA) is 68.9 Å². The highest BCUT2D eigenvalue weighted by molar-refractivity contribution is 14.0. The Morgan fingerprint density at radius 3 is 2.84 bits per heavy atom. The first-order chi connectivity index (χ1) is 11.8. The van der Waals surface area contributed by atoms with E-state index in [0.29, 0.717) is 12.5 Å². The molecule has 0 saturated heterocycles. The van der Waals surface area contributed by atoms with Crippen LogP contribution in [0.3, 0.4) is 0 Å². The minimum absolute atomic E-state index is 0. The first-order valence-corrected chi connectivity index (χ1v) is 8.36. The number of aliphatic imine (C=N–C) groups is 1. The molecule has 1 aliphatic carbocycles. The lowest BCUT2D eigenvalue weighted by atomic mass is 9.90. The summed E-state index contributed by atoms with van der Waals surface area (Å²) in [5.41, 5.74) is 11.0. The molecule has 1 aliphatic heterocycles. The third-order valence-electron chi connectivity index (χ3n) is 4.53. The van der Waals surface area contributed by atoms with Crippen molar-refractivity contribution in [3.8, 4) is 11.5 Å². The molecule has 1 heterocycles. The van der Waals surface area contributed by atoms with Crippen LogP contribution in [0.1, 0.15) is 29.5 Å². The first kappa shape index (κ1) is 17.8. The van der Waals surface area contributed by atoms with Crippen molar-refractivity contribution in [3.05, 3.63) is 53.1 Å². The Morgan fingerprint density at radius 1 is 1.08 bits per heavy atom. The van der Waals surface area contributed by atoms with Crippen molar-refractivity contribution in [1.82, 2.24) is 0 Å². The van der Waals surface area contributed by atoms with Crippen LogP contribution < -0.4 is 20.5 Å². The van der Waals surface area contributed by atoms with Crippen LogP contribution in [0.5, 0.6) is 11.5 Å². The van der Waals surface area contributed by atoms with E-state index >= 15 is 0 Å². The predicted molar refractivity (Wildman–Crippen MR) is 110 cm³/mol. The lowest BCUT2D eigenvalue weighted by molar-refractivity contribution is 0.174. The van der Waals surface area contributed by atoms with Crippen LogP contribution in [0.25, 0.3) is 0 Å². The number of aryl methyl sites for hydroxylation is 1. The number of nitrogens with one attached hydrogen (secondary N) is 1. The van der Waals surface area contributed by atoms with Crippen molar-refractivity contribution in [2.45, 2.75) is 32.2 Å². The predicted octanol–water partition coefficient (Wildman–Crippen LogP) is 3.84. The minimum Gasteiger partial charge on any atom is -0.454 e. The molecule has 5 nitrogen and oxygen atoms in total. The number of hydrogen-bond donors (Lipinski definition) is 2. The second-order valence-corrected chi connectivity index (χ2v) is 6.16. The molecule has 2 aliphatic rings. The van der Waals surface area contributed by atoms with E-state index in [4.69, 9.17) is 15.2 Å². The summed E-state index contributed by atoms with van der Waals surface area (Å²) in [7, 11) is 0. The second-order valence-electron chi connectivity index (χ2n) is 6.16. The van der Waals surface area contributed by atoms with Gasteiger partial charge in [-0.15, -0.1) is 24.0 Å². The van der Waals surface area contributed by atoms with Crippen molar-refractivity contribution in [2.24, 2.45) is 10.7 Å². The van der Waals surface area contributed by atoms with Crippen molar-refractivity contribution in [2.75, 3.05) is 12.1 Å². The van der Waals surface area contributed by atoms with Gasteiger partial charge in [0.1, 0.15) is 0 Å². The van der Waals surface area contributed by atoms with E-state index in [-0.39, 0.29) is 30.8 Å². The number of anilines is 1. The maximum Gasteiger partial charge on any atom is 0.231 e. The number of nitrogens with zero attached hydrogens (tertiary/aromatic N) is 1. The number of nitrogens with two attached hydrogens (primary N) is 1. The maximum absolute atomic E-state index is 6.08. The number of ether oxygens (including phenoxy) is 2. The second kappa shape index (κ2) is 7.95. The third-order valence-corrected chi connectivity index (χ3v) is 4.53. The number of guanidine groups is 1. The van der Waals surface area contributed by atoms with Gasteiger partial charge in [0.05, 0.1) is 6.54 Å². The van der Waals surface area contributed by atoms with Crippen LogP contribution in [0, 0.1) is 0 Å². The largest absolute Gasteiger partial charge is 0.454 e. The molecule has 0 unspecified atom stereocenters. The molecule has 0 saturated carbocycles. The number of fused-ring (bicyclic) bond motifs is 2. The first-order valence-electron chi connectivity index (χ1n) is 8.36. The Bertz CT molecular complexity index is 792. The number of halogens is 1. The molecule has 2 aromatic carbocycles. The summed E-state index contributed by atoms with van der Waals surface area (Å²) < 4.78 is 10.7. The van der Waals surface area contributed by atoms with Gasteiger partial charge >= 0.3 is 0 Å². The smallest absolute Gasteiger partial charge is 0.231 e. The van der Waals surface area contributed by atoms with Gasteiger partial charge in [-0.2, -0.15) is 0 Å². The molecule has 3 N–H and O–H groups in total. The fourth-order valence-corrected chi connectivity index (χ4v) is 3.29. The normalized spacial score (nSPS) is 15.3. The van der Waals surface area contributed by atoms with E-state index < -0.39 is 0 Å². The van der Waals surface area contributed by atoms with E-state index in [0.717, 1.165) is 35.6 Å². The molecule has 0 radical (unpaired) electrons. The summed E-state index contributed by atoms with van der Waals surface area (Å²) >= 11 is 0. The Morgan fingerprint density at radius 2 is 1.92 bits per heavy atom. The summed E-state index contributed by atoms with van der Waals surface area (Å²) in [6.07, 6.45) is 4.76. The quantitative estimate of drug-likeness (QED) is 0.423. The van der Waals surface area contributed by atoms with E-state index in [1.165, 1.54) is 24.0 Å². The molecule has 6 heteroatoms. The Hall–Kier alpha value is -1.96. The van der Waals surface area contributed by atoms with E-state index in [9.17, 15) is 0 Å². The summed E-state index contributed by atoms with van der Waals surface area (Å²) in [5.74, 6) is 1.99. The van der Waals surface area contributed by atoms with Crippen LogP contribution in [0.4, 0.5) is 5.69 Å². The summed E-state index contributed by atoms with van der Waals surface area (Å²) in [6.45, 7) is 0.787. The zero-order valence-electron chi connectivity index (χ0n) is 14.0. The van der Waals surface area contributed by atoms with Crippen molar-refractivity contribution < 1.29 is 9.47 Å². The standard InChI is InChI=1S/C19H21N3O2.HI/c20-19(21-11-13-8-9-17-18(10-13)24-12-23-17)22-16-7-3-5-14-4-1-2-6-15(14)16;/h3,5,7-10H,1-2,4,6,11-12H2,(H3,20,21,22);1H. The van der Waals surface area contributed by atoms with Gasteiger partial charge in [0.25, 0.3) is 0 Å². The van der Waals surface area contributed by atoms with Crippen molar-refractivity contribution >= 4 is 35.6 Å². The minimum atomic E-state index is 0. The van der Waals surface area contributed by atoms with E-state index in [1.807, 2.05) is 18.2 Å². The number of rotatable bonds is 3. The van der Waals surface area contributed by atoms with Crippen LogP contribution in [-0.2, 0) is 19.4 Å². The molecule has 2 aromatic rings. The van der Waals surface area contributed by atoms with Crippen LogP contribution in [-0.4, -0.2) is 12.8 Å². The van der Waals surface area contributed by atoms with Gasteiger partial charge in [0, 0.05) is 5.69 Å².